The second-order valence-electron chi connectivity index (χ2n) is 26.6. The molecule has 394 valence electrons. The van der Waals surface area contributed by atoms with Crippen LogP contribution >= 0.6 is 0 Å². The van der Waals surface area contributed by atoms with Gasteiger partial charge in [0.1, 0.15) is 0 Å². The van der Waals surface area contributed by atoms with Gasteiger partial charge in [-0.25, -0.2) is 0 Å². The lowest BCUT2D eigenvalue weighted by Gasteiger charge is -2.43. The Balaban J connectivity index is 1.43. The highest BCUT2D eigenvalue weighted by molar-refractivity contribution is 5.76. The third-order valence-corrected chi connectivity index (χ3v) is 16.2. The standard InChI is InChI=1S/C57H103N3O8/c1-36(2)40-27-41(32-54(9,10)31-40)50(62)66-48(25-23-21-19-17-18-20-22-24-26-65-49(61)42-28-45(37(3)4)58-55(11,12)33-42)53(67-51(63)43-29-46(38(5)6)59-56(13,14)34-43)68-52(64)44-30-47(39(7)8)60-57(15,16)35-44/h36-48,53,58-60H,17-35H2,1-16H3. The molecule has 4 aliphatic rings. The molecule has 0 aromatic rings. The van der Waals surface area contributed by atoms with Crippen LogP contribution in [0.3, 0.4) is 0 Å². The van der Waals surface area contributed by atoms with Crippen LogP contribution in [0.15, 0.2) is 0 Å². The van der Waals surface area contributed by atoms with Crippen molar-refractivity contribution in [2.24, 2.45) is 58.7 Å². The van der Waals surface area contributed by atoms with Gasteiger partial charge in [0.05, 0.1) is 30.3 Å². The van der Waals surface area contributed by atoms with E-state index in [0.29, 0.717) is 74.3 Å². The van der Waals surface area contributed by atoms with E-state index in [9.17, 15) is 19.2 Å². The van der Waals surface area contributed by atoms with Gasteiger partial charge in [0.2, 0.25) is 0 Å². The second kappa shape index (κ2) is 25.4. The number of esters is 4. The fraction of sp³-hybridized carbons (Fsp3) is 0.930. The maximum Gasteiger partial charge on any atom is 0.312 e. The molecule has 11 heteroatoms. The van der Waals surface area contributed by atoms with E-state index in [1.54, 1.807) is 0 Å². The van der Waals surface area contributed by atoms with Crippen LogP contribution in [0, 0.1) is 58.7 Å². The fourth-order valence-corrected chi connectivity index (χ4v) is 12.3. The molecule has 0 spiro atoms. The molecular weight excluding hydrogens is 855 g/mol. The van der Waals surface area contributed by atoms with Gasteiger partial charge in [0.25, 0.3) is 6.29 Å². The van der Waals surface area contributed by atoms with Gasteiger partial charge >= 0.3 is 23.9 Å². The van der Waals surface area contributed by atoms with Crippen LogP contribution < -0.4 is 16.0 Å². The third-order valence-electron chi connectivity index (χ3n) is 16.2. The maximum absolute atomic E-state index is 14.5. The Kier molecular flexibility index (Phi) is 21.8. The first kappa shape index (κ1) is 58.3. The Morgan fingerprint density at radius 2 is 0.809 bits per heavy atom. The van der Waals surface area contributed by atoms with Gasteiger partial charge in [0.15, 0.2) is 6.10 Å². The summed E-state index contributed by atoms with van der Waals surface area (Å²) >= 11 is 0. The number of hydrogen-bond acceptors (Lipinski definition) is 11. The first-order valence-corrected chi connectivity index (χ1v) is 27.7. The summed E-state index contributed by atoms with van der Waals surface area (Å²) < 4.78 is 25.2. The largest absolute Gasteiger partial charge is 0.465 e. The van der Waals surface area contributed by atoms with Gasteiger partial charge in [-0.05, 0) is 154 Å². The quantitative estimate of drug-likeness (QED) is 0.0390. The lowest BCUT2D eigenvalue weighted by atomic mass is 9.65. The molecule has 0 aromatic carbocycles. The summed E-state index contributed by atoms with van der Waals surface area (Å²) in [5.74, 6) is -0.279. The van der Waals surface area contributed by atoms with Gasteiger partial charge in [-0.15, -0.1) is 0 Å². The van der Waals surface area contributed by atoms with Crippen LogP contribution in [0.2, 0.25) is 0 Å². The molecular formula is C57H103N3O8. The molecule has 0 bridgehead atoms. The molecule has 4 rings (SSSR count). The highest BCUT2D eigenvalue weighted by Gasteiger charge is 2.46. The number of carbonyl (C=O) groups is 4. The van der Waals surface area contributed by atoms with Crippen molar-refractivity contribution in [2.75, 3.05) is 6.61 Å². The molecule has 4 fully saturated rings. The van der Waals surface area contributed by atoms with Crippen molar-refractivity contribution in [2.45, 2.75) is 273 Å². The SMILES string of the molecule is CC(C)C1CC(C(=O)OC(CCCCCCCCCCOC(=O)C2CC(C(C)C)NC(C)(C)C2)C(OC(=O)C2CC(C(C)C)NC(C)(C)C2)OC(=O)C2CC(C(C)C)NC(C)(C)C2)CC(C)(C)C1. The number of carbonyl (C=O) groups excluding carboxylic acids is 4. The molecule has 3 heterocycles. The molecule has 3 saturated heterocycles. The molecule has 9 atom stereocenters. The molecule has 0 radical (unpaired) electrons. The van der Waals surface area contributed by atoms with E-state index < -0.39 is 36.2 Å². The Morgan fingerprint density at radius 3 is 1.22 bits per heavy atom. The number of hydrogen-bond donors (Lipinski definition) is 3. The van der Waals surface area contributed by atoms with E-state index in [0.717, 1.165) is 83.5 Å². The number of piperidine rings is 3. The predicted molar refractivity (Wildman–Crippen MR) is 274 cm³/mol. The van der Waals surface area contributed by atoms with E-state index in [4.69, 9.17) is 18.9 Å². The third kappa shape index (κ3) is 18.7. The van der Waals surface area contributed by atoms with Crippen molar-refractivity contribution < 1.29 is 38.1 Å². The minimum absolute atomic E-state index is 0.0135. The zero-order chi connectivity index (χ0) is 50.8. The maximum atomic E-state index is 14.5. The van der Waals surface area contributed by atoms with Crippen LogP contribution in [-0.2, 0) is 38.1 Å². The number of unbranched alkanes of at least 4 members (excludes halogenated alkanes) is 7. The summed E-state index contributed by atoms with van der Waals surface area (Å²) in [5, 5.41) is 11.2. The predicted octanol–water partition coefficient (Wildman–Crippen LogP) is 11.9. The Morgan fingerprint density at radius 1 is 0.441 bits per heavy atom. The second-order valence-corrected chi connectivity index (χ2v) is 26.6. The molecule has 1 saturated carbocycles. The van der Waals surface area contributed by atoms with Crippen molar-refractivity contribution in [1.82, 2.24) is 16.0 Å². The van der Waals surface area contributed by atoms with Gasteiger partial charge < -0.3 is 34.9 Å². The Hall–Kier alpha value is -2.24. The number of ether oxygens (including phenoxy) is 4. The summed E-state index contributed by atoms with van der Waals surface area (Å²) in [6.07, 6.45) is 12.6. The van der Waals surface area contributed by atoms with E-state index >= 15 is 0 Å². The minimum Gasteiger partial charge on any atom is -0.465 e. The minimum atomic E-state index is -1.34. The van der Waals surface area contributed by atoms with E-state index in [-0.39, 0.29) is 57.9 Å². The summed E-state index contributed by atoms with van der Waals surface area (Å²) in [6, 6.07) is 0.587. The summed E-state index contributed by atoms with van der Waals surface area (Å²) in [4.78, 5) is 56.4. The molecule has 11 nitrogen and oxygen atoms in total. The average molecular weight is 958 g/mol. The molecule has 1 aliphatic carbocycles. The molecule has 3 N–H and O–H groups in total. The zero-order valence-corrected chi connectivity index (χ0v) is 46.3. The normalized spacial score (nSPS) is 29.9. The molecule has 0 aromatic heterocycles. The topological polar surface area (TPSA) is 141 Å². The van der Waals surface area contributed by atoms with Crippen molar-refractivity contribution in [3.05, 3.63) is 0 Å². The summed E-state index contributed by atoms with van der Waals surface area (Å²) in [5.41, 5.74) is -0.648. The van der Waals surface area contributed by atoms with E-state index in [2.05, 4.69) is 127 Å². The van der Waals surface area contributed by atoms with E-state index in [1.807, 2.05) is 0 Å². The highest BCUT2D eigenvalue weighted by atomic mass is 16.7. The van der Waals surface area contributed by atoms with Crippen LogP contribution in [0.4, 0.5) is 0 Å². The summed E-state index contributed by atoms with van der Waals surface area (Å²) in [7, 11) is 0. The van der Waals surface area contributed by atoms with Crippen LogP contribution in [0.5, 0.6) is 0 Å². The molecule has 3 aliphatic heterocycles. The monoisotopic (exact) mass is 958 g/mol. The fourth-order valence-electron chi connectivity index (χ4n) is 12.3. The first-order chi connectivity index (χ1) is 31.6. The van der Waals surface area contributed by atoms with Gasteiger partial charge in [0, 0.05) is 34.7 Å². The number of rotatable bonds is 23. The molecule has 0 amide bonds. The Labute approximate surface area is 415 Å². The van der Waals surface area contributed by atoms with Gasteiger partial charge in [-0.2, -0.15) is 0 Å². The van der Waals surface area contributed by atoms with Crippen molar-refractivity contribution in [3.63, 3.8) is 0 Å². The smallest absolute Gasteiger partial charge is 0.312 e. The molecule has 68 heavy (non-hydrogen) atoms. The van der Waals surface area contributed by atoms with Crippen LogP contribution in [0.1, 0.15) is 226 Å². The number of nitrogens with one attached hydrogen (secondary N) is 3. The van der Waals surface area contributed by atoms with Gasteiger partial charge in [-0.1, -0.05) is 108 Å². The van der Waals surface area contributed by atoms with Crippen molar-refractivity contribution >= 4 is 23.9 Å². The van der Waals surface area contributed by atoms with Gasteiger partial charge in [-0.3, -0.25) is 19.2 Å². The lowest BCUT2D eigenvalue weighted by Crippen LogP contribution is -2.56. The van der Waals surface area contributed by atoms with E-state index in [1.165, 1.54) is 0 Å². The molecule has 9 unspecified atom stereocenters. The highest BCUT2D eigenvalue weighted by Crippen LogP contribution is 2.45. The van der Waals surface area contributed by atoms with Crippen molar-refractivity contribution in [1.29, 1.82) is 0 Å². The van der Waals surface area contributed by atoms with Crippen LogP contribution in [-0.4, -0.2) is 77.6 Å². The lowest BCUT2D eigenvalue weighted by molar-refractivity contribution is -0.223. The van der Waals surface area contributed by atoms with Crippen molar-refractivity contribution in [3.8, 4) is 0 Å². The van der Waals surface area contributed by atoms with Crippen LogP contribution in [0.25, 0.3) is 0 Å². The Bertz CT molecular complexity index is 1550. The summed E-state index contributed by atoms with van der Waals surface area (Å²) in [6.45, 7) is 35.4. The first-order valence-electron chi connectivity index (χ1n) is 27.7. The average Bonchev–Trinajstić information content (AvgIpc) is 3.22. The zero-order valence-electron chi connectivity index (χ0n) is 46.3.